The van der Waals surface area contributed by atoms with Gasteiger partial charge in [-0.1, -0.05) is 21.1 Å². The molecule has 0 aliphatic rings. The molecule has 8 heteroatoms. The number of nitro benzene ring substituents is 1. The van der Waals surface area contributed by atoms with Crippen LogP contribution in [0.25, 0.3) is 0 Å². The maximum atomic E-state index is 11.0. The summed E-state index contributed by atoms with van der Waals surface area (Å²) in [6, 6.07) is 4.91. The average molecular weight is 346 g/mol. The number of alkyl halides is 1. The van der Waals surface area contributed by atoms with Gasteiger partial charge in [0, 0.05) is 10.5 Å². The quantitative estimate of drug-likeness (QED) is 0.484. The van der Waals surface area contributed by atoms with Gasteiger partial charge in [-0.25, -0.2) is 4.68 Å². The van der Waals surface area contributed by atoms with Crippen LogP contribution in [0.3, 0.4) is 0 Å². The summed E-state index contributed by atoms with van der Waals surface area (Å²) in [5, 5.41) is 18.6. The van der Waals surface area contributed by atoms with Crippen molar-refractivity contribution in [1.29, 1.82) is 0 Å². The Hall–Kier alpha value is -1.47. The van der Waals surface area contributed by atoms with Crippen LogP contribution in [-0.4, -0.2) is 19.9 Å². The van der Waals surface area contributed by atoms with Crippen LogP contribution in [0, 0.1) is 10.1 Å². The molecule has 0 aliphatic heterocycles. The highest BCUT2D eigenvalue weighted by molar-refractivity contribution is 9.10. The van der Waals surface area contributed by atoms with Crippen LogP contribution in [0.5, 0.6) is 0 Å². The van der Waals surface area contributed by atoms with Crippen molar-refractivity contribution < 1.29 is 4.92 Å². The highest BCUT2D eigenvalue weighted by Gasteiger charge is 2.15. The van der Waals surface area contributed by atoms with Crippen molar-refractivity contribution >= 4 is 33.2 Å². The van der Waals surface area contributed by atoms with Crippen molar-refractivity contribution in [2.75, 3.05) is 0 Å². The standard InChI is InChI=1S/C11H10BrClN4O2/c1-7(13)10-6-16(15-14-10)5-8-2-3-9(12)4-11(8)17(18)19/h2-4,6-7H,5H2,1H3. The fourth-order valence-corrected chi connectivity index (χ4v) is 2.04. The van der Waals surface area contributed by atoms with E-state index in [9.17, 15) is 10.1 Å². The van der Waals surface area contributed by atoms with E-state index in [1.165, 1.54) is 10.7 Å². The predicted molar refractivity (Wildman–Crippen MR) is 74.2 cm³/mol. The molecular weight excluding hydrogens is 336 g/mol. The zero-order valence-electron chi connectivity index (χ0n) is 9.96. The summed E-state index contributed by atoms with van der Waals surface area (Å²) in [5.41, 5.74) is 1.25. The lowest BCUT2D eigenvalue weighted by molar-refractivity contribution is -0.385. The van der Waals surface area contributed by atoms with E-state index < -0.39 is 4.92 Å². The largest absolute Gasteiger partial charge is 0.275 e. The molecule has 0 radical (unpaired) electrons. The molecule has 1 unspecified atom stereocenters. The second kappa shape index (κ2) is 5.66. The fourth-order valence-electron chi connectivity index (χ4n) is 1.59. The highest BCUT2D eigenvalue weighted by atomic mass is 79.9. The molecule has 2 aromatic rings. The Kier molecular flexibility index (Phi) is 4.16. The monoisotopic (exact) mass is 344 g/mol. The molecule has 1 atom stereocenters. The Morgan fingerprint density at radius 3 is 2.89 bits per heavy atom. The maximum Gasteiger partial charge on any atom is 0.275 e. The molecule has 0 bridgehead atoms. The van der Waals surface area contributed by atoms with Crippen LogP contribution in [0.15, 0.2) is 28.9 Å². The van der Waals surface area contributed by atoms with Gasteiger partial charge in [-0.2, -0.15) is 0 Å². The summed E-state index contributed by atoms with van der Waals surface area (Å²) in [6.45, 7) is 2.07. The van der Waals surface area contributed by atoms with Crippen LogP contribution in [0.1, 0.15) is 23.6 Å². The van der Waals surface area contributed by atoms with Crippen LogP contribution in [0.4, 0.5) is 5.69 Å². The molecule has 0 saturated carbocycles. The molecule has 2 rings (SSSR count). The smallest absolute Gasteiger partial charge is 0.258 e. The third-order valence-electron chi connectivity index (χ3n) is 2.54. The number of nitro groups is 1. The number of nitrogens with zero attached hydrogens (tertiary/aromatic N) is 4. The number of aromatic nitrogens is 3. The Bertz CT molecular complexity index is 614. The van der Waals surface area contributed by atoms with E-state index in [4.69, 9.17) is 11.6 Å². The zero-order valence-corrected chi connectivity index (χ0v) is 12.3. The zero-order chi connectivity index (χ0) is 14.0. The van der Waals surface area contributed by atoms with Gasteiger partial charge in [-0.15, -0.1) is 16.7 Å². The summed E-state index contributed by atoms with van der Waals surface area (Å²) in [6.07, 6.45) is 1.68. The van der Waals surface area contributed by atoms with E-state index in [1.807, 2.05) is 0 Å². The van der Waals surface area contributed by atoms with Crippen molar-refractivity contribution in [3.05, 3.63) is 50.2 Å². The molecule has 1 heterocycles. The molecule has 6 nitrogen and oxygen atoms in total. The van der Waals surface area contributed by atoms with E-state index >= 15 is 0 Å². The van der Waals surface area contributed by atoms with Crippen LogP contribution in [0.2, 0.25) is 0 Å². The van der Waals surface area contributed by atoms with Crippen molar-refractivity contribution in [3.8, 4) is 0 Å². The molecule has 1 aromatic carbocycles. The van der Waals surface area contributed by atoms with Gasteiger partial charge in [-0.3, -0.25) is 10.1 Å². The van der Waals surface area contributed by atoms with Gasteiger partial charge >= 0.3 is 0 Å². The lowest BCUT2D eigenvalue weighted by Crippen LogP contribution is -2.04. The lowest BCUT2D eigenvalue weighted by Gasteiger charge is -2.03. The number of halogens is 2. The van der Waals surface area contributed by atoms with E-state index in [1.54, 1.807) is 25.3 Å². The number of benzene rings is 1. The molecule has 100 valence electrons. The maximum absolute atomic E-state index is 11.0. The number of hydrogen-bond donors (Lipinski definition) is 0. The van der Waals surface area contributed by atoms with Crippen molar-refractivity contribution in [2.45, 2.75) is 18.8 Å². The Labute approximate surface area is 122 Å². The topological polar surface area (TPSA) is 73.8 Å². The third-order valence-corrected chi connectivity index (χ3v) is 3.26. The van der Waals surface area contributed by atoms with Crippen LogP contribution >= 0.6 is 27.5 Å². The summed E-state index contributed by atoms with van der Waals surface area (Å²) in [5.74, 6) is 0. The molecule has 0 N–H and O–H groups in total. The first kappa shape index (κ1) is 14.0. The van der Waals surface area contributed by atoms with E-state index in [2.05, 4.69) is 26.2 Å². The molecule has 0 fully saturated rings. The minimum absolute atomic E-state index is 0.0466. The summed E-state index contributed by atoms with van der Waals surface area (Å²) in [4.78, 5) is 10.6. The van der Waals surface area contributed by atoms with Crippen molar-refractivity contribution in [1.82, 2.24) is 15.0 Å². The molecule has 0 amide bonds. The molecule has 0 aliphatic carbocycles. The molecular formula is C11H10BrClN4O2. The Morgan fingerprint density at radius 2 is 2.32 bits per heavy atom. The minimum Gasteiger partial charge on any atom is -0.258 e. The molecule has 19 heavy (non-hydrogen) atoms. The number of rotatable bonds is 4. The SMILES string of the molecule is CC(Cl)c1cn(Cc2ccc(Br)cc2[N+](=O)[O-])nn1. The van der Waals surface area contributed by atoms with Crippen molar-refractivity contribution in [3.63, 3.8) is 0 Å². The first-order chi connectivity index (χ1) is 8.97. The fraction of sp³-hybridized carbons (Fsp3) is 0.273. The van der Waals surface area contributed by atoms with Gasteiger partial charge in [0.2, 0.25) is 0 Å². The first-order valence-corrected chi connectivity index (χ1v) is 6.67. The molecule has 1 aromatic heterocycles. The van der Waals surface area contributed by atoms with Crippen LogP contribution in [-0.2, 0) is 6.54 Å². The van der Waals surface area contributed by atoms with Gasteiger partial charge < -0.3 is 0 Å². The predicted octanol–water partition coefficient (Wildman–Crippen LogP) is 3.30. The third kappa shape index (κ3) is 3.30. The van der Waals surface area contributed by atoms with Gasteiger partial charge in [-0.05, 0) is 19.1 Å². The average Bonchev–Trinajstić information content (AvgIpc) is 2.80. The van der Waals surface area contributed by atoms with E-state index in [0.29, 0.717) is 15.7 Å². The summed E-state index contributed by atoms with van der Waals surface area (Å²) in [7, 11) is 0. The van der Waals surface area contributed by atoms with Crippen molar-refractivity contribution in [2.24, 2.45) is 0 Å². The molecule has 0 saturated heterocycles. The van der Waals surface area contributed by atoms with E-state index in [-0.39, 0.29) is 17.6 Å². The van der Waals surface area contributed by atoms with E-state index in [0.717, 1.165) is 0 Å². The molecule has 0 spiro atoms. The Morgan fingerprint density at radius 1 is 1.58 bits per heavy atom. The normalized spacial score (nSPS) is 12.4. The Balaban J connectivity index is 2.29. The summed E-state index contributed by atoms with van der Waals surface area (Å²) >= 11 is 9.11. The van der Waals surface area contributed by atoms with Crippen LogP contribution < -0.4 is 0 Å². The first-order valence-electron chi connectivity index (χ1n) is 5.44. The van der Waals surface area contributed by atoms with Gasteiger partial charge in [0.25, 0.3) is 5.69 Å². The van der Waals surface area contributed by atoms with Gasteiger partial charge in [0.1, 0.15) is 5.69 Å². The van der Waals surface area contributed by atoms with Gasteiger partial charge in [0.05, 0.1) is 28.6 Å². The van der Waals surface area contributed by atoms with Gasteiger partial charge in [0.15, 0.2) is 0 Å². The number of hydrogen-bond acceptors (Lipinski definition) is 4. The minimum atomic E-state index is -0.415. The lowest BCUT2D eigenvalue weighted by atomic mass is 10.2. The second-order valence-corrected chi connectivity index (χ2v) is 5.56. The summed E-state index contributed by atoms with van der Waals surface area (Å²) < 4.78 is 2.20. The second-order valence-electron chi connectivity index (χ2n) is 3.99. The highest BCUT2D eigenvalue weighted by Crippen LogP contribution is 2.24.